The first-order valence-corrected chi connectivity index (χ1v) is 23.1. The molecule has 2 saturated heterocycles. The fraction of sp³-hybridized carbons (Fsp3) is 0.423. The van der Waals surface area contributed by atoms with Crippen molar-refractivity contribution in [3.8, 4) is 0 Å². The topological polar surface area (TPSA) is 134 Å². The van der Waals surface area contributed by atoms with Crippen LogP contribution in [-0.4, -0.2) is 76.5 Å². The Morgan fingerprint density at radius 3 is 1.75 bits per heavy atom. The second kappa shape index (κ2) is 16.4. The van der Waals surface area contributed by atoms with E-state index in [0.29, 0.717) is 49.9 Å². The number of hydroxylamine groups is 4. The summed E-state index contributed by atoms with van der Waals surface area (Å²) in [4.78, 5) is 66.2. The van der Waals surface area contributed by atoms with Crippen molar-refractivity contribution >= 4 is 62.5 Å². The minimum absolute atomic E-state index is 0.218. The van der Waals surface area contributed by atoms with Gasteiger partial charge in [0.15, 0.2) is 0 Å². The third kappa shape index (κ3) is 6.63. The van der Waals surface area contributed by atoms with Gasteiger partial charge in [0.05, 0.1) is 47.8 Å². The molecule has 7 heterocycles. The Hall–Kier alpha value is -6.18. The Bertz CT molecular complexity index is 2840. The van der Waals surface area contributed by atoms with Gasteiger partial charge < -0.3 is 33.6 Å². The molecule has 1 N–H and O–H groups in total. The highest BCUT2D eigenvalue weighted by molar-refractivity contribution is 6.19. The predicted octanol–water partition coefficient (Wildman–Crippen LogP) is 9.04. The number of benzene rings is 3. The number of piperidine rings is 2. The lowest BCUT2D eigenvalue weighted by Gasteiger charge is -2.50. The highest BCUT2D eigenvalue weighted by atomic mass is 16.7. The molecule has 3 aromatic carbocycles. The third-order valence-corrected chi connectivity index (χ3v) is 15.1. The largest absolute Gasteiger partial charge is 0.465 e. The Morgan fingerprint density at radius 2 is 1.18 bits per heavy atom. The molecule has 5 aliphatic heterocycles. The van der Waals surface area contributed by atoms with Gasteiger partial charge >= 0.3 is 23.9 Å². The van der Waals surface area contributed by atoms with Crippen molar-refractivity contribution in [2.75, 3.05) is 32.6 Å². The molecule has 13 heteroatoms. The van der Waals surface area contributed by atoms with E-state index in [0.717, 1.165) is 81.3 Å². The van der Waals surface area contributed by atoms with E-state index in [-0.39, 0.29) is 12.0 Å². The zero-order valence-corrected chi connectivity index (χ0v) is 38.0. The number of fused-ring (bicyclic) bond motifs is 11. The molecule has 0 spiro atoms. The lowest BCUT2D eigenvalue weighted by atomic mass is 9.70. The van der Waals surface area contributed by atoms with Crippen LogP contribution in [-0.2, 0) is 51.2 Å². The molecule has 0 amide bonds. The molecule has 0 bridgehead atoms. The third-order valence-electron chi connectivity index (χ3n) is 15.1. The zero-order chi connectivity index (χ0) is 45.4. The van der Waals surface area contributed by atoms with Crippen LogP contribution in [0.4, 0.5) is 5.69 Å². The number of methoxy groups -OCH3 is 2. The van der Waals surface area contributed by atoms with E-state index >= 15 is 0 Å². The number of nitrogens with one attached hydrogen (secondary N) is 1. The summed E-state index contributed by atoms with van der Waals surface area (Å²) in [7, 11) is 2.86. The first kappa shape index (κ1) is 42.8. The van der Waals surface area contributed by atoms with Crippen molar-refractivity contribution in [3.05, 3.63) is 113 Å². The Labute approximate surface area is 378 Å². The molecule has 0 radical (unpaired) electrons. The first-order chi connectivity index (χ1) is 31.5. The molecular weight excluding hydrogens is 823 g/mol. The Kier molecular flexibility index (Phi) is 10.8. The van der Waals surface area contributed by atoms with Gasteiger partial charge in [-0.05, 0) is 86.3 Å². The fourth-order valence-electron chi connectivity index (χ4n) is 12.5. The minimum Gasteiger partial charge on any atom is -0.465 e. The normalized spacial score (nSPS) is 26.0. The molecule has 2 aromatic heterocycles. The summed E-state index contributed by atoms with van der Waals surface area (Å²) in [6, 6.07) is 24.7. The number of rotatable bonds is 9. The summed E-state index contributed by atoms with van der Waals surface area (Å²) < 4.78 is 15.7. The predicted molar refractivity (Wildman–Crippen MR) is 247 cm³/mol. The molecule has 13 nitrogen and oxygen atoms in total. The molecule has 5 aromatic rings. The van der Waals surface area contributed by atoms with E-state index in [1.807, 2.05) is 40.5 Å². The second-order valence-electron chi connectivity index (χ2n) is 18.5. The van der Waals surface area contributed by atoms with Gasteiger partial charge in [0, 0.05) is 66.2 Å². The van der Waals surface area contributed by atoms with Crippen LogP contribution >= 0.6 is 0 Å². The summed E-state index contributed by atoms with van der Waals surface area (Å²) in [5.41, 5.74) is 7.45. The van der Waals surface area contributed by atoms with Gasteiger partial charge in [-0.2, -0.15) is 0 Å². The van der Waals surface area contributed by atoms with E-state index in [1.54, 1.807) is 0 Å². The summed E-state index contributed by atoms with van der Waals surface area (Å²) in [5, 5.41) is 9.64. The highest BCUT2D eigenvalue weighted by Gasteiger charge is 2.53. The van der Waals surface area contributed by atoms with Crippen molar-refractivity contribution in [1.29, 1.82) is 0 Å². The van der Waals surface area contributed by atoms with Crippen molar-refractivity contribution in [1.82, 2.24) is 19.3 Å². The Balaban J connectivity index is 1.23. The number of nitrogens with zero attached hydrogens (tertiary/aromatic N) is 4. The lowest BCUT2D eigenvalue weighted by Crippen LogP contribution is -2.51. The quantitative estimate of drug-likeness (QED) is 0.142. The number of ether oxygens (including phenoxy) is 2. The number of anilines is 1. The van der Waals surface area contributed by atoms with E-state index in [2.05, 4.69) is 82.9 Å². The van der Waals surface area contributed by atoms with Crippen LogP contribution in [0.5, 0.6) is 0 Å². The number of para-hydroxylation sites is 3. The molecule has 2 fully saturated rings. The number of aromatic nitrogens is 2. The number of hydrogen-bond donors (Lipinski definition) is 1. The highest BCUT2D eigenvalue weighted by Crippen LogP contribution is 2.58. The molecule has 6 atom stereocenters. The van der Waals surface area contributed by atoms with Gasteiger partial charge in [-0.25, -0.2) is 9.59 Å². The van der Waals surface area contributed by atoms with Gasteiger partial charge in [-0.3, -0.25) is 9.59 Å². The fourth-order valence-corrected chi connectivity index (χ4v) is 12.5. The Morgan fingerprint density at radius 1 is 0.677 bits per heavy atom. The van der Waals surface area contributed by atoms with Crippen molar-refractivity contribution < 1.29 is 38.3 Å². The summed E-state index contributed by atoms with van der Waals surface area (Å²) in [5.74, 6) is -1.85. The summed E-state index contributed by atoms with van der Waals surface area (Å²) >= 11 is 0. The number of carbonyl (C=O) groups excluding carboxylic acids is 4. The van der Waals surface area contributed by atoms with Gasteiger partial charge in [-0.1, -0.05) is 80.6 Å². The van der Waals surface area contributed by atoms with Crippen LogP contribution in [0.15, 0.2) is 84.9 Å². The molecule has 5 aliphatic rings. The van der Waals surface area contributed by atoms with E-state index < -0.39 is 47.0 Å². The molecule has 10 rings (SSSR count). The maximum Gasteiger partial charge on any atom is 0.339 e. The molecule has 338 valence electrons. The molecule has 2 unspecified atom stereocenters. The maximum atomic E-state index is 14.4. The monoisotopic (exact) mass is 879 g/mol. The summed E-state index contributed by atoms with van der Waals surface area (Å²) in [6.07, 6.45) is 9.09. The zero-order valence-electron chi connectivity index (χ0n) is 38.0. The number of carbonyl (C=O) groups is 4. The number of hydrogen-bond acceptors (Lipinski definition) is 11. The molecule has 65 heavy (non-hydrogen) atoms. The SMILES string of the molecule is CC[C@]12C=C(C(=O)OC)c3c(CC4Nc5ccccc5CC4c4c5n(c6ccccc46)[C@H]4N(OC(C)=O)CCC[C@@]4(CC)C=C5C(=O)OC)c4ccccc4n3[C@H]1N(OC(C)=O)CCC2. The average molecular weight is 880 g/mol. The van der Waals surface area contributed by atoms with Gasteiger partial charge in [0.1, 0.15) is 12.3 Å². The summed E-state index contributed by atoms with van der Waals surface area (Å²) in [6.45, 7) is 8.23. The smallest absolute Gasteiger partial charge is 0.339 e. The van der Waals surface area contributed by atoms with Crippen LogP contribution in [0, 0.1) is 10.8 Å². The van der Waals surface area contributed by atoms with Crippen LogP contribution in [0.25, 0.3) is 33.0 Å². The van der Waals surface area contributed by atoms with Crippen LogP contribution in [0.2, 0.25) is 0 Å². The van der Waals surface area contributed by atoms with E-state index in [1.165, 1.54) is 28.1 Å². The van der Waals surface area contributed by atoms with Crippen LogP contribution < -0.4 is 5.32 Å². The van der Waals surface area contributed by atoms with Crippen molar-refractivity contribution in [2.45, 2.75) is 103 Å². The number of esters is 2. The molecular formula is C52H57N5O8. The van der Waals surface area contributed by atoms with Crippen LogP contribution in [0.1, 0.15) is 113 Å². The van der Waals surface area contributed by atoms with E-state index in [9.17, 15) is 19.2 Å². The first-order valence-electron chi connectivity index (χ1n) is 23.1. The second-order valence-corrected chi connectivity index (χ2v) is 18.5. The van der Waals surface area contributed by atoms with Crippen LogP contribution in [0.3, 0.4) is 0 Å². The van der Waals surface area contributed by atoms with Gasteiger partial charge in [0.25, 0.3) is 0 Å². The van der Waals surface area contributed by atoms with E-state index in [4.69, 9.17) is 19.1 Å². The maximum absolute atomic E-state index is 14.4. The average Bonchev–Trinajstić information content (AvgIpc) is 3.83. The molecule has 0 saturated carbocycles. The van der Waals surface area contributed by atoms with Crippen molar-refractivity contribution in [2.24, 2.45) is 10.8 Å². The van der Waals surface area contributed by atoms with Gasteiger partial charge in [-0.15, -0.1) is 10.1 Å². The minimum atomic E-state index is -0.534. The standard InChI is InChI=1S/C52H57N5O8/c1-7-51-23-15-25-54(64-31(3)58)49(51)56-42-21-13-10-18-34(42)36(45(56)38(29-51)47(60)62-5)28-41-37(27-33-17-9-12-20-40(33)53-41)44-35-19-11-14-22-43(35)57-46(44)39(48(61)63-6)30-52(8-2)24-16-26-55(50(52)57)65-32(4)59/h9-14,17-22,29-30,37,41,49-50,53H,7-8,15-16,23-28H2,1-6H3/t37?,41?,49-,50-,51+,52+/m1/s1. The lowest BCUT2D eigenvalue weighted by molar-refractivity contribution is -0.236. The molecule has 0 aliphatic carbocycles. The van der Waals surface area contributed by atoms with Gasteiger partial charge in [0.2, 0.25) is 0 Å². The van der Waals surface area contributed by atoms with Crippen molar-refractivity contribution in [3.63, 3.8) is 0 Å².